The molecule has 102 valence electrons. The Morgan fingerprint density at radius 3 is 2.33 bits per heavy atom. The van der Waals surface area contributed by atoms with E-state index in [4.69, 9.17) is 11.6 Å². The van der Waals surface area contributed by atoms with Crippen LogP contribution in [0.25, 0.3) is 0 Å². The number of nitrogens with zero attached hydrogens (tertiary/aromatic N) is 1. The van der Waals surface area contributed by atoms with Gasteiger partial charge in [-0.3, -0.25) is 0 Å². The molecule has 0 aliphatic rings. The maximum absolute atomic E-state index is 6.36. The SMILES string of the molecule is CCNC(c1ccccc1Cl)C(C)(CC)N(C)C. The molecule has 0 radical (unpaired) electrons. The Morgan fingerprint density at radius 1 is 1.28 bits per heavy atom. The Labute approximate surface area is 116 Å². The second-order valence-electron chi connectivity index (χ2n) is 5.12. The summed E-state index contributed by atoms with van der Waals surface area (Å²) in [5, 5.41) is 4.42. The van der Waals surface area contributed by atoms with Crippen LogP contribution >= 0.6 is 11.6 Å². The zero-order valence-corrected chi connectivity index (χ0v) is 12.9. The second-order valence-corrected chi connectivity index (χ2v) is 5.52. The monoisotopic (exact) mass is 268 g/mol. The van der Waals surface area contributed by atoms with Gasteiger partial charge in [0.25, 0.3) is 0 Å². The van der Waals surface area contributed by atoms with Gasteiger partial charge in [-0.1, -0.05) is 43.6 Å². The highest BCUT2D eigenvalue weighted by Crippen LogP contribution is 2.35. The number of rotatable bonds is 6. The zero-order chi connectivity index (χ0) is 13.8. The number of benzene rings is 1. The van der Waals surface area contributed by atoms with Crippen LogP contribution in [0.3, 0.4) is 0 Å². The lowest BCUT2D eigenvalue weighted by molar-refractivity contribution is 0.114. The van der Waals surface area contributed by atoms with Crippen molar-refractivity contribution in [2.24, 2.45) is 0 Å². The fourth-order valence-corrected chi connectivity index (χ4v) is 2.60. The van der Waals surface area contributed by atoms with Gasteiger partial charge in [-0.15, -0.1) is 0 Å². The predicted molar refractivity (Wildman–Crippen MR) is 80.3 cm³/mol. The van der Waals surface area contributed by atoms with Gasteiger partial charge >= 0.3 is 0 Å². The normalized spacial score (nSPS) is 16.6. The molecule has 0 aromatic heterocycles. The predicted octanol–water partition coefficient (Wildman–Crippen LogP) is 3.72. The van der Waals surface area contributed by atoms with Gasteiger partial charge in [0.05, 0.1) is 6.04 Å². The smallest absolute Gasteiger partial charge is 0.0518 e. The van der Waals surface area contributed by atoms with Crippen LogP contribution in [0.2, 0.25) is 5.02 Å². The van der Waals surface area contributed by atoms with E-state index in [2.05, 4.69) is 57.2 Å². The molecule has 1 N–H and O–H groups in total. The van der Waals surface area contributed by atoms with Crippen LogP contribution in [0.4, 0.5) is 0 Å². The van der Waals surface area contributed by atoms with Gasteiger partial charge in [0.1, 0.15) is 0 Å². The van der Waals surface area contributed by atoms with Gasteiger partial charge in [0, 0.05) is 10.6 Å². The Hall–Kier alpha value is -0.570. The van der Waals surface area contributed by atoms with E-state index < -0.39 is 0 Å². The largest absolute Gasteiger partial charge is 0.309 e. The number of hydrogen-bond acceptors (Lipinski definition) is 2. The molecular weight excluding hydrogens is 244 g/mol. The fourth-order valence-electron chi connectivity index (χ4n) is 2.36. The minimum absolute atomic E-state index is 0.0427. The standard InChI is InChI=1S/C15H25ClN2/c1-6-15(3,18(4)5)14(17-7-2)12-10-8-9-11-13(12)16/h8-11,14,17H,6-7H2,1-5H3. The third kappa shape index (κ3) is 3.05. The lowest BCUT2D eigenvalue weighted by atomic mass is 9.83. The summed E-state index contributed by atoms with van der Waals surface area (Å²) in [7, 11) is 4.26. The maximum atomic E-state index is 6.36. The van der Waals surface area contributed by atoms with E-state index in [1.165, 1.54) is 5.56 Å². The molecule has 0 amide bonds. The van der Waals surface area contributed by atoms with E-state index in [0.29, 0.717) is 0 Å². The van der Waals surface area contributed by atoms with Crippen LogP contribution in [0.15, 0.2) is 24.3 Å². The van der Waals surface area contributed by atoms with Crippen molar-refractivity contribution in [2.45, 2.75) is 38.8 Å². The van der Waals surface area contributed by atoms with Crippen LogP contribution in [-0.4, -0.2) is 31.1 Å². The summed E-state index contributed by atoms with van der Waals surface area (Å²) >= 11 is 6.36. The molecule has 0 bridgehead atoms. The molecule has 3 heteroatoms. The molecule has 0 spiro atoms. The van der Waals surface area contributed by atoms with Crippen molar-refractivity contribution in [2.75, 3.05) is 20.6 Å². The molecule has 0 fully saturated rings. The van der Waals surface area contributed by atoms with Crippen molar-refractivity contribution in [1.29, 1.82) is 0 Å². The Morgan fingerprint density at radius 2 is 1.89 bits per heavy atom. The summed E-state index contributed by atoms with van der Waals surface area (Å²) < 4.78 is 0. The van der Waals surface area contributed by atoms with Crippen molar-refractivity contribution in [3.8, 4) is 0 Å². The molecule has 1 aromatic carbocycles. The number of halogens is 1. The molecule has 1 aromatic rings. The topological polar surface area (TPSA) is 15.3 Å². The fraction of sp³-hybridized carbons (Fsp3) is 0.600. The Balaban J connectivity index is 3.21. The Bertz CT molecular complexity index is 379. The van der Waals surface area contributed by atoms with Gasteiger partial charge in [-0.2, -0.15) is 0 Å². The van der Waals surface area contributed by atoms with Gasteiger partial charge in [0.2, 0.25) is 0 Å². The zero-order valence-electron chi connectivity index (χ0n) is 12.1. The van der Waals surface area contributed by atoms with Crippen molar-refractivity contribution < 1.29 is 0 Å². The molecule has 2 unspecified atom stereocenters. The molecule has 0 heterocycles. The van der Waals surface area contributed by atoms with Crippen LogP contribution in [0, 0.1) is 0 Å². The highest BCUT2D eigenvalue weighted by atomic mass is 35.5. The first-order valence-electron chi connectivity index (χ1n) is 6.62. The molecule has 0 saturated carbocycles. The third-order valence-corrected chi connectivity index (χ3v) is 4.33. The summed E-state index contributed by atoms with van der Waals surface area (Å²) in [4.78, 5) is 2.28. The minimum atomic E-state index is 0.0427. The van der Waals surface area contributed by atoms with E-state index in [0.717, 1.165) is 18.0 Å². The summed E-state index contributed by atoms with van der Waals surface area (Å²) in [6.45, 7) is 7.57. The van der Waals surface area contributed by atoms with Crippen molar-refractivity contribution in [3.05, 3.63) is 34.9 Å². The van der Waals surface area contributed by atoms with E-state index in [1.54, 1.807) is 0 Å². The second kappa shape index (κ2) is 6.55. The molecule has 1 rings (SSSR count). The van der Waals surface area contributed by atoms with Gasteiger partial charge in [-0.05, 0) is 45.6 Å². The third-order valence-electron chi connectivity index (χ3n) is 3.98. The first kappa shape index (κ1) is 15.5. The number of nitrogens with one attached hydrogen (secondary N) is 1. The summed E-state index contributed by atoms with van der Waals surface area (Å²) in [6, 6.07) is 8.35. The molecule has 0 saturated heterocycles. The molecular formula is C15H25ClN2. The van der Waals surface area contributed by atoms with Crippen LogP contribution in [0.1, 0.15) is 38.8 Å². The highest BCUT2D eigenvalue weighted by molar-refractivity contribution is 6.31. The molecule has 0 aliphatic heterocycles. The maximum Gasteiger partial charge on any atom is 0.0518 e. The van der Waals surface area contributed by atoms with Crippen molar-refractivity contribution >= 4 is 11.6 Å². The first-order valence-corrected chi connectivity index (χ1v) is 7.00. The number of hydrogen-bond donors (Lipinski definition) is 1. The lowest BCUT2D eigenvalue weighted by Crippen LogP contribution is -2.51. The van der Waals surface area contributed by atoms with Gasteiger partial charge < -0.3 is 10.2 Å². The van der Waals surface area contributed by atoms with Crippen LogP contribution in [0.5, 0.6) is 0 Å². The van der Waals surface area contributed by atoms with Crippen molar-refractivity contribution in [1.82, 2.24) is 10.2 Å². The lowest BCUT2D eigenvalue weighted by Gasteiger charge is -2.43. The minimum Gasteiger partial charge on any atom is -0.309 e. The molecule has 18 heavy (non-hydrogen) atoms. The molecule has 0 aliphatic carbocycles. The van der Waals surface area contributed by atoms with E-state index in [9.17, 15) is 0 Å². The van der Waals surface area contributed by atoms with E-state index in [1.807, 2.05) is 12.1 Å². The quantitative estimate of drug-likeness (QED) is 0.846. The van der Waals surface area contributed by atoms with Gasteiger partial charge in [0.15, 0.2) is 0 Å². The first-order chi connectivity index (χ1) is 8.47. The van der Waals surface area contributed by atoms with Crippen LogP contribution < -0.4 is 5.32 Å². The number of likely N-dealkylation sites (N-methyl/N-ethyl adjacent to an activating group) is 2. The molecule has 2 nitrogen and oxygen atoms in total. The average Bonchev–Trinajstić information content (AvgIpc) is 2.36. The summed E-state index contributed by atoms with van der Waals surface area (Å²) in [5.74, 6) is 0. The van der Waals surface area contributed by atoms with Gasteiger partial charge in [-0.25, -0.2) is 0 Å². The van der Waals surface area contributed by atoms with Crippen molar-refractivity contribution in [3.63, 3.8) is 0 Å². The Kier molecular flexibility index (Phi) is 5.64. The van der Waals surface area contributed by atoms with E-state index in [-0.39, 0.29) is 11.6 Å². The average molecular weight is 269 g/mol. The molecule has 2 atom stereocenters. The van der Waals surface area contributed by atoms with E-state index >= 15 is 0 Å². The highest BCUT2D eigenvalue weighted by Gasteiger charge is 2.36. The summed E-state index contributed by atoms with van der Waals surface area (Å²) in [5.41, 5.74) is 1.22. The summed E-state index contributed by atoms with van der Waals surface area (Å²) in [6.07, 6.45) is 1.06. The van der Waals surface area contributed by atoms with Crippen LogP contribution in [-0.2, 0) is 0 Å².